The fourth-order valence-electron chi connectivity index (χ4n) is 2.29. The quantitative estimate of drug-likeness (QED) is 0.740. The monoisotopic (exact) mass is 449 g/mol. The van der Waals surface area contributed by atoms with Crippen LogP contribution in [0.1, 0.15) is 16.9 Å². The Morgan fingerprint density at radius 2 is 2.04 bits per heavy atom. The minimum absolute atomic E-state index is 0. The van der Waals surface area contributed by atoms with Gasteiger partial charge in [0.05, 0.1) is 0 Å². The molecule has 1 aromatic heterocycles. The minimum atomic E-state index is -0.106. The second-order valence-corrected chi connectivity index (χ2v) is 7.09. The predicted octanol–water partition coefficient (Wildman–Crippen LogP) is 3.93. The lowest BCUT2D eigenvalue weighted by molar-refractivity contribution is 0.0934. The van der Waals surface area contributed by atoms with E-state index in [2.05, 4.69) is 31.5 Å². The molecule has 1 fully saturated rings. The first kappa shape index (κ1) is 21.3. The number of carbonyl (C=O) groups is 1. The van der Waals surface area contributed by atoms with Gasteiger partial charge in [-0.15, -0.1) is 24.8 Å². The van der Waals surface area contributed by atoms with Crippen molar-refractivity contribution >= 4 is 58.4 Å². The van der Waals surface area contributed by atoms with Gasteiger partial charge in [0.2, 0.25) is 0 Å². The number of rotatable bonds is 4. The number of aromatic nitrogens is 1. The molecule has 130 valence electrons. The van der Waals surface area contributed by atoms with Crippen LogP contribution in [-0.2, 0) is 0 Å². The molecule has 0 radical (unpaired) electrons. The molecule has 0 spiro atoms. The molecule has 1 atom stereocenters. The zero-order valence-electron chi connectivity index (χ0n) is 12.7. The van der Waals surface area contributed by atoms with E-state index in [0.29, 0.717) is 5.69 Å². The molecule has 1 aromatic carbocycles. The van der Waals surface area contributed by atoms with Crippen LogP contribution in [-0.4, -0.2) is 30.0 Å². The highest BCUT2D eigenvalue weighted by Gasteiger charge is 2.18. The molecule has 3 rings (SSSR count). The summed E-state index contributed by atoms with van der Waals surface area (Å²) in [5.74, 6) is -0.106. The lowest BCUT2D eigenvalue weighted by Crippen LogP contribution is -2.36. The summed E-state index contributed by atoms with van der Waals surface area (Å²) in [5, 5.41) is 7.06. The number of halogens is 3. The fraction of sp³-hybridized carbons (Fsp3) is 0.250. The van der Waals surface area contributed by atoms with E-state index in [-0.39, 0.29) is 36.8 Å². The van der Waals surface area contributed by atoms with Gasteiger partial charge in [0.15, 0.2) is 0 Å². The summed E-state index contributed by atoms with van der Waals surface area (Å²) in [4.78, 5) is 17.8. The summed E-state index contributed by atoms with van der Waals surface area (Å²) >= 11 is 5.00. The van der Waals surface area contributed by atoms with Crippen LogP contribution in [0.5, 0.6) is 0 Å². The van der Waals surface area contributed by atoms with Crippen molar-refractivity contribution in [1.29, 1.82) is 0 Å². The Balaban J connectivity index is 0.00000144. The number of hydrogen-bond donors (Lipinski definition) is 2. The van der Waals surface area contributed by atoms with E-state index in [0.717, 1.165) is 33.9 Å². The fourth-order valence-corrected chi connectivity index (χ4v) is 3.70. The van der Waals surface area contributed by atoms with Gasteiger partial charge >= 0.3 is 0 Å². The van der Waals surface area contributed by atoms with Gasteiger partial charge in [0.25, 0.3) is 5.91 Å². The van der Waals surface area contributed by atoms with E-state index in [1.54, 1.807) is 17.8 Å². The maximum absolute atomic E-state index is 12.2. The Kier molecular flexibility index (Phi) is 9.08. The molecule has 2 aromatic rings. The highest BCUT2D eigenvalue weighted by Crippen LogP contribution is 2.28. The maximum atomic E-state index is 12.2. The van der Waals surface area contributed by atoms with Crippen LogP contribution < -0.4 is 10.6 Å². The van der Waals surface area contributed by atoms with Crippen molar-refractivity contribution < 1.29 is 4.79 Å². The average Bonchev–Trinajstić information content (AvgIpc) is 3.00. The third-order valence-electron chi connectivity index (χ3n) is 3.37. The molecule has 1 unspecified atom stereocenters. The molecule has 1 aliphatic rings. The van der Waals surface area contributed by atoms with Crippen molar-refractivity contribution in [3.63, 3.8) is 0 Å². The van der Waals surface area contributed by atoms with E-state index in [9.17, 15) is 4.79 Å². The molecule has 1 saturated heterocycles. The minimum Gasteiger partial charge on any atom is -0.347 e. The topological polar surface area (TPSA) is 54.0 Å². The van der Waals surface area contributed by atoms with Crippen LogP contribution in [0.4, 0.5) is 0 Å². The van der Waals surface area contributed by atoms with E-state index in [1.807, 2.05) is 36.4 Å². The first-order chi connectivity index (χ1) is 10.7. The number of benzene rings is 1. The number of pyridine rings is 1. The molecule has 24 heavy (non-hydrogen) atoms. The molecule has 0 aliphatic carbocycles. The predicted molar refractivity (Wildman–Crippen MR) is 106 cm³/mol. The number of nitrogens with zero attached hydrogens (tertiary/aromatic N) is 1. The molecule has 0 bridgehead atoms. The molecule has 4 nitrogen and oxygen atoms in total. The molecule has 2 heterocycles. The molecular weight excluding hydrogens is 433 g/mol. The highest BCUT2D eigenvalue weighted by molar-refractivity contribution is 9.10. The Labute approximate surface area is 166 Å². The molecule has 1 amide bonds. The summed E-state index contributed by atoms with van der Waals surface area (Å²) in [7, 11) is 0. The van der Waals surface area contributed by atoms with Crippen molar-refractivity contribution in [3.05, 3.63) is 52.6 Å². The average molecular weight is 451 g/mol. The van der Waals surface area contributed by atoms with Gasteiger partial charge < -0.3 is 10.6 Å². The number of nitrogens with one attached hydrogen (secondary N) is 2. The van der Waals surface area contributed by atoms with Crippen LogP contribution in [0.2, 0.25) is 0 Å². The van der Waals surface area contributed by atoms with Crippen molar-refractivity contribution in [2.75, 3.05) is 13.1 Å². The molecule has 2 N–H and O–H groups in total. The zero-order valence-corrected chi connectivity index (χ0v) is 16.7. The number of hydrogen-bond acceptors (Lipinski definition) is 4. The van der Waals surface area contributed by atoms with Crippen molar-refractivity contribution in [2.45, 2.75) is 22.4 Å². The highest BCUT2D eigenvalue weighted by atomic mass is 79.9. The second-order valence-electron chi connectivity index (χ2n) is 5.08. The molecule has 0 saturated carbocycles. The first-order valence-electron chi connectivity index (χ1n) is 7.13. The van der Waals surface area contributed by atoms with Crippen molar-refractivity contribution in [3.8, 4) is 0 Å². The largest absolute Gasteiger partial charge is 0.347 e. The van der Waals surface area contributed by atoms with E-state index in [4.69, 9.17) is 0 Å². The van der Waals surface area contributed by atoms with Crippen LogP contribution >= 0.6 is 52.5 Å². The summed E-state index contributed by atoms with van der Waals surface area (Å²) < 4.78 is 1.03. The summed E-state index contributed by atoms with van der Waals surface area (Å²) in [6.07, 6.45) is 0.970. The maximum Gasteiger partial charge on any atom is 0.270 e. The Morgan fingerprint density at radius 3 is 2.75 bits per heavy atom. The molecular formula is C16H18BrCl2N3OS. The number of carbonyl (C=O) groups excluding carboxylic acids is 1. The van der Waals surface area contributed by atoms with Gasteiger partial charge in [-0.2, -0.15) is 0 Å². The van der Waals surface area contributed by atoms with Gasteiger partial charge in [0.1, 0.15) is 10.7 Å². The van der Waals surface area contributed by atoms with Crippen molar-refractivity contribution in [2.24, 2.45) is 0 Å². The summed E-state index contributed by atoms with van der Waals surface area (Å²) in [6, 6.07) is 13.8. The van der Waals surface area contributed by atoms with Crippen LogP contribution in [0.15, 0.2) is 56.9 Å². The second kappa shape index (κ2) is 10.3. The third kappa shape index (κ3) is 5.93. The standard InChI is InChI=1S/C16H16BrN3OS.2ClH/c17-11-3-1-4-13(9-11)22-15-6-2-5-14(20-15)16(21)19-12-7-8-18-10-12;;/h1-6,9,12,18H,7-8,10H2,(H,19,21);2*1H. The van der Waals surface area contributed by atoms with E-state index >= 15 is 0 Å². The normalized spacial score (nSPS) is 16.0. The van der Waals surface area contributed by atoms with Gasteiger partial charge in [-0.05, 0) is 43.3 Å². The lowest BCUT2D eigenvalue weighted by Gasteiger charge is -2.11. The van der Waals surface area contributed by atoms with Gasteiger partial charge in [-0.1, -0.05) is 39.8 Å². The first-order valence-corrected chi connectivity index (χ1v) is 8.74. The third-order valence-corrected chi connectivity index (χ3v) is 4.79. The van der Waals surface area contributed by atoms with Crippen LogP contribution in [0, 0.1) is 0 Å². The Hall–Kier alpha value is -0.790. The summed E-state index contributed by atoms with van der Waals surface area (Å²) in [5.41, 5.74) is 0.465. The zero-order chi connectivity index (χ0) is 15.4. The van der Waals surface area contributed by atoms with Crippen LogP contribution in [0.3, 0.4) is 0 Å². The van der Waals surface area contributed by atoms with Gasteiger partial charge in [-0.3, -0.25) is 4.79 Å². The SMILES string of the molecule is Cl.Cl.O=C(NC1CCNC1)c1cccc(Sc2cccc(Br)c2)n1. The van der Waals surface area contributed by atoms with E-state index < -0.39 is 0 Å². The smallest absolute Gasteiger partial charge is 0.270 e. The van der Waals surface area contributed by atoms with Crippen molar-refractivity contribution in [1.82, 2.24) is 15.6 Å². The Bertz CT molecular complexity index is 684. The number of amides is 1. The molecule has 8 heteroatoms. The molecule has 1 aliphatic heterocycles. The van der Waals surface area contributed by atoms with Gasteiger partial charge in [-0.25, -0.2) is 4.98 Å². The van der Waals surface area contributed by atoms with Gasteiger partial charge in [0, 0.05) is 22.0 Å². The summed E-state index contributed by atoms with van der Waals surface area (Å²) in [6.45, 7) is 1.79. The van der Waals surface area contributed by atoms with E-state index in [1.165, 1.54) is 0 Å². The lowest BCUT2D eigenvalue weighted by atomic mass is 10.2. The Morgan fingerprint density at radius 1 is 1.25 bits per heavy atom. The van der Waals surface area contributed by atoms with Crippen LogP contribution in [0.25, 0.3) is 0 Å².